The van der Waals surface area contributed by atoms with Crippen molar-refractivity contribution in [3.8, 4) is 0 Å². The molecule has 0 N–H and O–H groups in total. The number of fused-ring (bicyclic) bond motifs is 2. The molecule has 1 amide bonds. The van der Waals surface area contributed by atoms with E-state index < -0.39 is 11.6 Å². The van der Waals surface area contributed by atoms with Crippen molar-refractivity contribution < 1.29 is 19.1 Å². The number of carbonyl (C=O) groups excluding carboxylic acids is 2. The molecular weight excluding hydrogens is 210 g/mol. The highest BCUT2D eigenvalue weighted by atomic mass is 16.5. The van der Waals surface area contributed by atoms with Gasteiger partial charge in [0, 0.05) is 6.04 Å². The Morgan fingerprint density at radius 3 is 2.56 bits per heavy atom. The summed E-state index contributed by atoms with van der Waals surface area (Å²) in [6.45, 7) is 0. The van der Waals surface area contributed by atoms with Crippen molar-refractivity contribution in [2.24, 2.45) is 0 Å². The van der Waals surface area contributed by atoms with E-state index in [0.29, 0.717) is 12.8 Å². The highest BCUT2D eigenvalue weighted by Crippen LogP contribution is 2.45. The second-order valence-electron chi connectivity index (χ2n) is 4.45. The van der Waals surface area contributed by atoms with Gasteiger partial charge in [-0.05, 0) is 32.1 Å². The normalized spacial score (nSPS) is 32.4. The molecular formula is C11H17NO4. The minimum absolute atomic E-state index is 0.139. The van der Waals surface area contributed by atoms with E-state index in [1.54, 1.807) is 4.90 Å². The highest BCUT2D eigenvalue weighted by molar-refractivity contribution is 5.87. The molecule has 0 radical (unpaired) electrons. The van der Waals surface area contributed by atoms with Crippen molar-refractivity contribution >= 4 is 12.1 Å². The van der Waals surface area contributed by atoms with E-state index >= 15 is 0 Å². The van der Waals surface area contributed by atoms with Crippen molar-refractivity contribution in [1.82, 2.24) is 4.90 Å². The Kier molecular flexibility index (Phi) is 2.78. The molecule has 0 aromatic heterocycles. The van der Waals surface area contributed by atoms with Crippen LogP contribution in [0.4, 0.5) is 4.79 Å². The number of carbonyl (C=O) groups is 2. The molecule has 0 aromatic carbocycles. The summed E-state index contributed by atoms with van der Waals surface area (Å²) in [6, 6.07) is 0.139. The number of rotatable bonds is 1. The second-order valence-corrected chi connectivity index (χ2v) is 4.45. The van der Waals surface area contributed by atoms with Gasteiger partial charge in [-0.3, -0.25) is 4.90 Å². The Balaban J connectivity index is 2.33. The third-order valence-electron chi connectivity index (χ3n) is 3.78. The average molecular weight is 227 g/mol. The lowest BCUT2D eigenvalue weighted by atomic mass is 9.88. The predicted octanol–water partition coefficient (Wildman–Crippen LogP) is 1.31. The van der Waals surface area contributed by atoms with Crippen LogP contribution in [0.3, 0.4) is 0 Å². The standard InChI is InChI=1S/C11H17NO4/c1-15-9(13)11-6-3-4-8(5-7-11)12(11)10(14)16-2/h8H,3-7H2,1-2H3/t8-,11+/m0/s1. The zero-order valence-electron chi connectivity index (χ0n) is 9.69. The van der Waals surface area contributed by atoms with Gasteiger partial charge in [0.25, 0.3) is 0 Å². The Bertz CT molecular complexity index is 313. The first-order valence-corrected chi connectivity index (χ1v) is 5.61. The molecule has 90 valence electrons. The summed E-state index contributed by atoms with van der Waals surface area (Å²) < 4.78 is 9.62. The molecule has 2 heterocycles. The van der Waals surface area contributed by atoms with Gasteiger partial charge in [0.1, 0.15) is 5.54 Å². The molecule has 0 saturated carbocycles. The van der Waals surface area contributed by atoms with E-state index in [9.17, 15) is 9.59 Å². The molecule has 2 aliphatic heterocycles. The summed E-state index contributed by atoms with van der Waals surface area (Å²) in [6.07, 6.45) is 3.75. The summed E-state index contributed by atoms with van der Waals surface area (Å²) in [5, 5.41) is 0. The molecule has 0 unspecified atom stereocenters. The maximum absolute atomic E-state index is 11.9. The number of hydrogen-bond donors (Lipinski definition) is 0. The molecule has 2 rings (SSSR count). The van der Waals surface area contributed by atoms with E-state index in [4.69, 9.17) is 9.47 Å². The third kappa shape index (κ3) is 1.37. The van der Waals surface area contributed by atoms with Gasteiger partial charge in [-0.1, -0.05) is 0 Å². The van der Waals surface area contributed by atoms with E-state index in [2.05, 4.69) is 0 Å². The summed E-state index contributed by atoms with van der Waals surface area (Å²) in [5.74, 6) is -0.305. The fourth-order valence-electron chi connectivity index (χ4n) is 3.07. The minimum atomic E-state index is -0.759. The lowest BCUT2D eigenvalue weighted by Crippen LogP contribution is -2.58. The first-order valence-electron chi connectivity index (χ1n) is 5.61. The van der Waals surface area contributed by atoms with Gasteiger partial charge in [-0.25, -0.2) is 9.59 Å². The first kappa shape index (κ1) is 11.2. The largest absolute Gasteiger partial charge is 0.467 e. The number of amides is 1. The first-order chi connectivity index (χ1) is 7.65. The summed E-state index contributed by atoms with van der Waals surface area (Å²) in [4.78, 5) is 25.3. The molecule has 2 fully saturated rings. The van der Waals surface area contributed by atoms with Crippen LogP contribution in [0.5, 0.6) is 0 Å². The van der Waals surface area contributed by atoms with E-state index in [0.717, 1.165) is 19.3 Å². The van der Waals surface area contributed by atoms with Gasteiger partial charge >= 0.3 is 12.1 Å². The second kappa shape index (κ2) is 3.96. The maximum atomic E-state index is 11.9. The molecule has 5 nitrogen and oxygen atoms in total. The molecule has 0 aromatic rings. The van der Waals surface area contributed by atoms with Crippen LogP contribution in [0, 0.1) is 0 Å². The molecule has 0 spiro atoms. The van der Waals surface area contributed by atoms with Crippen molar-refractivity contribution in [2.45, 2.75) is 43.7 Å². The summed E-state index contributed by atoms with van der Waals surface area (Å²) >= 11 is 0. The zero-order valence-corrected chi connectivity index (χ0v) is 9.69. The lowest BCUT2D eigenvalue weighted by Gasteiger charge is -2.41. The van der Waals surface area contributed by atoms with Gasteiger partial charge < -0.3 is 9.47 Å². The van der Waals surface area contributed by atoms with Crippen molar-refractivity contribution in [1.29, 1.82) is 0 Å². The van der Waals surface area contributed by atoms with E-state index in [1.165, 1.54) is 14.2 Å². The van der Waals surface area contributed by atoms with Gasteiger partial charge in [0.2, 0.25) is 0 Å². The molecule has 2 saturated heterocycles. The van der Waals surface area contributed by atoms with Crippen molar-refractivity contribution in [2.75, 3.05) is 14.2 Å². The van der Waals surface area contributed by atoms with Crippen LogP contribution in [0.2, 0.25) is 0 Å². The summed E-state index contributed by atoms with van der Waals surface area (Å²) in [5.41, 5.74) is -0.759. The van der Waals surface area contributed by atoms with Crippen LogP contribution >= 0.6 is 0 Å². The monoisotopic (exact) mass is 227 g/mol. The number of ether oxygens (including phenoxy) is 2. The van der Waals surface area contributed by atoms with Crippen LogP contribution in [-0.2, 0) is 14.3 Å². The Labute approximate surface area is 94.7 Å². The molecule has 16 heavy (non-hydrogen) atoms. The molecule has 0 aliphatic carbocycles. The third-order valence-corrected chi connectivity index (χ3v) is 3.78. The molecule has 2 bridgehead atoms. The average Bonchev–Trinajstić information content (AvgIpc) is 2.55. The Morgan fingerprint density at radius 2 is 1.94 bits per heavy atom. The molecule has 5 heteroatoms. The van der Waals surface area contributed by atoms with E-state index in [1.807, 2.05) is 0 Å². The zero-order chi connectivity index (χ0) is 11.8. The number of piperidine rings is 1. The van der Waals surface area contributed by atoms with E-state index in [-0.39, 0.29) is 12.0 Å². The van der Waals surface area contributed by atoms with Crippen LogP contribution < -0.4 is 0 Å². The Morgan fingerprint density at radius 1 is 1.19 bits per heavy atom. The van der Waals surface area contributed by atoms with Gasteiger partial charge in [-0.2, -0.15) is 0 Å². The topological polar surface area (TPSA) is 55.8 Å². The molecule has 2 atom stereocenters. The van der Waals surface area contributed by atoms with Crippen LogP contribution in [0.25, 0.3) is 0 Å². The number of methoxy groups -OCH3 is 2. The van der Waals surface area contributed by atoms with Gasteiger partial charge in [0.15, 0.2) is 0 Å². The lowest BCUT2D eigenvalue weighted by molar-refractivity contribution is -0.155. The van der Waals surface area contributed by atoms with Gasteiger partial charge in [-0.15, -0.1) is 0 Å². The molecule has 2 aliphatic rings. The fourth-order valence-corrected chi connectivity index (χ4v) is 3.07. The summed E-state index contributed by atoms with van der Waals surface area (Å²) in [7, 11) is 2.72. The predicted molar refractivity (Wildman–Crippen MR) is 55.9 cm³/mol. The number of esters is 1. The van der Waals surface area contributed by atoms with Gasteiger partial charge in [0.05, 0.1) is 14.2 Å². The minimum Gasteiger partial charge on any atom is -0.467 e. The number of hydrogen-bond acceptors (Lipinski definition) is 4. The maximum Gasteiger partial charge on any atom is 0.410 e. The van der Waals surface area contributed by atoms with Crippen LogP contribution in [0.15, 0.2) is 0 Å². The highest BCUT2D eigenvalue weighted by Gasteiger charge is 2.57. The van der Waals surface area contributed by atoms with Crippen molar-refractivity contribution in [3.05, 3.63) is 0 Å². The van der Waals surface area contributed by atoms with Crippen LogP contribution in [-0.4, -0.2) is 42.8 Å². The quantitative estimate of drug-likeness (QED) is 0.634. The fraction of sp³-hybridized carbons (Fsp3) is 0.818. The Hall–Kier alpha value is -1.26. The number of nitrogens with zero attached hydrogens (tertiary/aromatic N) is 1. The van der Waals surface area contributed by atoms with Crippen LogP contribution in [0.1, 0.15) is 32.1 Å². The van der Waals surface area contributed by atoms with Crippen molar-refractivity contribution in [3.63, 3.8) is 0 Å². The smallest absolute Gasteiger partial charge is 0.410 e. The SMILES string of the molecule is COC(=O)N1[C@H]2CCC[C@]1(C(=O)OC)CC2.